The second-order valence-corrected chi connectivity index (χ2v) is 8.37. The number of rotatable bonds is 5. The summed E-state index contributed by atoms with van der Waals surface area (Å²) in [6.07, 6.45) is 3.75. The van der Waals surface area contributed by atoms with E-state index in [4.69, 9.17) is 9.47 Å². The van der Waals surface area contributed by atoms with Crippen molar-refractivity contribution in [2.75, 3.05) is 24.5 Å². The first-order valence-corrected chi connectivity index (χ1v) is 11.0. The molecular formula is C22H22N2O4S. The van der Waals surface area contributed by atoms with Crippen LogP contribution in [-0.4, -0.2) is 48.4 Å². The third kappa shape index (κ3) is 3.13. The van der Waals surface area contributed by atoms with Crippen molar-refractivity contribution in [3.05, 3.63) is 48.0 Å². The van der Waals surface area contributed by atoms with E-state index in [1.54, 1.807) is 16.7 Å². The number of carbonyl (C=O) groups excluding carboxylic acids is 2. The number of likely N-dealkylation sites (tertiary alicyclic amines) is 1. The highest BCUT2D eigenvalue weighted by Crippen LogP contribution is 2.40. The molecule has 0 saturated carbocycles. The van der Waals surface area contributed by atoms with Crippen molar-refractivity contribution in [2.45, 2.75) is 36.2 Å². The number of anilines is 1. The number of benzene rings is 2. The van der Waals surface area contributed by atoms with Gasteiger partial charge in [0.25, 0.3) is 0 Å². The van der Waals surface area contributed by atoms with Crippen molar-refractivity contribution in [1.82, 2.24) is 4.90 Å². The van der Waals surface area contributed by atoms with Crippen LogP contribution in [0.3, 0.4) is 0 Å². The smallest absolute Gasteiger partial charge is 0.250 e. The molecule has 2 aromatic rings. The second-order valence-electron chi connectivity index (χ2n) is 7.52. The first-order chi connectivity index (χ1) is 14.2. The van der Waals surface area contributed by atoms with Crippen LogP contribution in [0, 0.1) is 0 Å². The average Bonchev–Trinajstić information content (AvgIpc) is 3.46. The van der Waals surface area contributed by atoms with Gasteiger partial charge >= 0.3 is 0 Å². The van der Waals surface area contributed by atoms with Crippen molar-refractivity contribution in [2.24, 2.45) is 0 Å². The van der Waals surface area contributed by atoms with Gasteiger partial charge in [-0.25, -0.2) is 0 Å². The van der Waals surface area contributed by atoms with Crippen LogP contribution in [0.15, 0.2) is 47.4 Å². The summed E-state index contributed by atoms with van der Waals surface area (Å²) in [5, 5.41) is 0. The molecule has 2 amide bonds. The number of para-hydroxylation sites is 1. The van der Waals surface area contributed by atoms with Gasteiger partial charge in [-0.2, -0.15) is 0 Å². The minimum atomic E-state index is -0.334. The zero-order chi connectivity index (χ0) is 20.0. The molecule has 7 heteroatoms. The third-order valence-electron chi connectivity index (χ3n) is 5.90. The fourth-order valence-electron chi connectivity index (χ4n) is 4.49. The Kier molecular flexibility index (Phi) is 4.62. The van der Waals surface area contributed by atoms with Crippen LogP contribution in [0.2, 0.25) is 0 Å². The summed E-state index contributed by atoms with van der Waals surface area (Å²) >= 11 is 1.64. The van der Waals surface area contributed by atoms with E-state index in [1.807, 2.05) is 53.6 Å². The van der Waals surface area contributed by atoms with Gasteiger partial charge in [-0.15, -0.1) is 11.8 Å². The lowest BCUT2D eigenvalue weighted by Crippen LogP contribution is -2.52. The second kappa shape index (κ2) is 7.30. The van der Waals surface area contributed by atoms with E-state index < -0.39 is 0 Å². The molecule has 0 N–H and O–H groups in total. The molecule has 3 aliphatic heterocycles. The highest BCUT2D eigenvalue weighted by Gasteiger charge is 2.51. The van der Waals surface area contributed by atoms with Gasteiger partial charge in [0.2, 0.25) is 18.6 Å². The molecule has 0 spiro atoms. The van der Waals surface area contributed by atoms with Gasteiger partial charge in [0.15, 0.2) is 11.5 Å². The maximum Gasteiger partial charge on any atom is 0.250 e. The number of hydrogen-bond donors (Lipinski definition) is 0. The lowest BCUT2D eigenvalue weighted by atomic mass is 10.1. The van der Waals surface area contributed by atoms with Crippen molar-refractivity contribution in [3.63, 3.8) is 0 Å². The largest absolute Gasteiger partial charge is 0.454 e. The van der Waals surface area contributed by atoms with Crippen LogP contribution in [0.4, 0.5) is 5.69 Å². The molecule has 0 aromatic heterocycles. The molecular weight excluding hydrogens is 388 g/mol. The zero-order valence-electron chi connectivity index (χ0n) is 16.2. The molecule has 2 fully saturated rings. The van der Waals surface area contributed by atoms with Gasteiger partial charge in [-0.05, 0) is 48.9 Å². The molecule has 3 heterocycles. The first-order valence-electron chi connectivity index (χ1n) is 9.80. The Bertz CT molecular complexity index is 979. The van der Waals surface area contributed by atoms with E-state index in [9.17, 15) is 9.59 Å². The number of amides is 2. The Morgan fingerprint density at radius 1 is 1.17 bits per heavy atom. The van der Waals surface area contributed by atoms with Gasteiger partial charge in [0.05, 0.1) is 11.7 Å². The van der Waals surface area contributed by atoms with Crippen LogP contribution < -0.4 is 14.4 Å². The molecule has 150 valence electrons. The Labute approximate surface area is 173 Å². The number of piperazine rings is 1. The molecule has 0 unspecified atom stereocenters. The molecule has 2 saturated heterocycles. The summed E-state index contributed by atoms with van der Waals surface area (Å²) in [5.74, 6) is 1.56. The highest BCUT2D eigenvalue weighted by molar-refractivity contribution is 7.98. The number of hydrogen-bond acceptors (Lipinski definition) is 5. The van der Waals surface area contributed by atoms with E-state index in [-0.39, 0.29) is 30.7 Å². The average molecular weight is 410 g/mol. The number of carbonyl (C=O) groups is 2. The Morgan fingerprint density at radius 3 is 2.83 bits per heavy atom. The number of fused-ring (bicyclic) bond motifs is 3. The highest BCUT2D eigenvalue weighted by atomic mass is 32.2. The third-order valence-corrected chi connectivity index (χ3v) is 6.68. The first kappa shape index (κ1) is 18.4. The van der Waals surface area contributed by atoms with Crippen LogP contribution in [0.1, 0.15) is 18.4 Å². The SMILES string of the molecule is CSc1ccccc1N1C(=O)[C@@H]2C[C@H]1CN2C(=O)CCc1ccc2c(c1)OCO2. The molecule has 2 bridgehead atoms. The van der Waals surface area contributed by atoms with Gasteiger partial charge in [-0.1, -0.05) is 18.2 Å². The number of aryl methyl sites for hydroxylation is 1. The molecule has 0 radical (unpaired) electrons. The maximum atomic E-state index is 13.0. The fraction of sp³-hybridized carbons (Fsp3) is 0.364. The molecule has 2 aromatic carbocycles. The summed E-state index contributed by atoms with van der Waals surface area (Å²) in [6, 6.07) is 13.5. The van der Waals surface area contributed by atoms with E-state index in [1.165, 1.54) is 0 Å². The van der Waals surface area contributed by atoms with Gasteiger partial charge in [-0.3, -0.25) is 9.59 Å². The van der Waals surface area contributed by atoms with Gasteiger partial charge in [0.1, 0.15) is 6.04 Å². The van der Waals surface area contributed by atoms with Crippen LogP contribution in [0.25, 0.3) is 0 Å². The van der Waals surface area contributed by atoms with Crippen molar-refractivity contribution < 1.29 is 19.1 Å². The standard InChI is InChI=1S/C22H22N2O4S/c1-29-20-5-3-2-4-16(20)24-15-11-17(22(24)26)23(12-15)21(25)9-7-14-6-8-18-19(10-14)28-13-27-18/h2-6,8,10,15,17H,7,9,11-13H2,1H3/t15-,17-/m0/s1. The summed E-state index contributed by atoms with van der Waals surface area (Å²) in [4.78, 5) is 30.7. The minimum Gasteiger partial charge on any atom is -0.454 e. The molecule has 6 nitrogen and oxygen atoms in total. The van der Waals surface area contributed by atoms with Crippen molar-refractivity contribution in [3.8, 4) is 11.5 Å². The van der Waals surface area contributed by atoms with E-state index in [0.717, 1.165) is 34.1 Å². The molecule has 5 rings (SSSR count). The number of nitrogens with zero attached hydrogens (tertiary/aromatic N) is 2. The predicted molar refractivity (Wildman–Crippen MR) is 111 cm³/mol. The Hall–Kier alpha value is -2.67. The van der Waals surface area contributed by atoms with E-state index >= 15 is 0 Å². The quantitative estimate of drug-likeness (QED) is 0.709. The monoisotopic (exact) mass is 410 g/mol. The number of ether oxygens (including phenoxy) is 2. The minimum absolute atomic E-state index is 0.0409. The number of thioether (sulfide) groups is 1. The zero-order valence-corrected chi connectivity index (χ0v) is 17.0. The van der Waals surface area contributed by atoms with Gasteiger partial charge in [0, 0.05) is 17.9 Å². The Balaban J connectivity index is 1.25. The predicted octanol–water partition coefficient (Wildman–Crippen LogP) is 3.09. The normalized spacial score (nSPS) is 21.9. The lowest BCUT2D eigenvalue weighted by Gasteiger charge is -2.34. The van der Waals surface area contributed by atoms with Crippen molar-refractivity contribution in [1.29, 1.82) is 0 Å². The van der Waals surface area contributed by atoms with Gasteiger partial charge < -0.3 is 19.3 Å². The molecule has 2 atom stereocenters. The van der Waals surface area contributed by atoms with Crippen LogP contribution in [0.5, 0.6) is 11.5 Å². The summed E-state index contributed by atoms with van der Waals surface area (Å²) < 4.78 is 10.7. The van der Waals surface area contributed by atoms with Crippen molar-refractivity contribution >= 4 is 29.3 Å². The fourth-order valence-corrected chi connectivity index (χ4v) is 5.08. The summed E-state index contributed by atoms with van der Waals surface area (Å²) in [7, 11) is 0. The topological polar surface area (TPSA) is 59.1 Å². The van der Waals surface area contributed by atoms with Crippen LogP contribution >= 0.6 is 11.8 Å². The molecule has 3 aliphatic rings. The molecule has 29 heavy (non-hydrogen) atoms. The Morgan fingerprint density at radius 2 is 2.00 bits per heavy atom. The summed E-state index contributed by atoms with van der Waals surface area (Å²) in [5.41, 5.74) is 2.00. The maximum absolute atomic E-state index is 13.0. The van der Waals surface area contributed by atoms with E-state index in [0.29, 0.717) is 19.4 Å². The van der Waals surface area contributed by atoms with E-state index in [2.05, 4.69) is 0 Å². The summed E-state index contributed by atoms with van der Waals surface area (Å²) in [6.45, 7) is 0.853. The molecule has 0 aliphatic carbocycles. The lowest BCUT2D eigenvalue weighted by molar-refractivity contribution is -0.138. The van der Waals surface area contributed by atoms with Crippen LogP contribution in [-0.2, 0) is 16.0 Å².